The van der Waals surface area contributed by atoms with Gasteiger partial charge in [-0.05, 0) is 23.8 Å². The number of fused-ring (bicyclic) bond motifs is 1. The van der Waals surface area contributed by atoms with Gasteiger partial charge in [0.25, 0.3) is 5.91 Å². The molecule has 2 heterocycles. The fourth-order valence-corrected chi connectivity index (χ4v) is 2.71. The van der Waals surface area contributed by atoms with Crippen LogP contribution < -0.4 is 9.47 Å². The van der Waals surface area contributed by atoms with Crippen LogP contribution in [0.25, 0.3) is 6.08 Å². The highest BCUT2D eigenvalue weighted by Crippen LogP contribution is 2.33. The summed E-state index contributed by atoms with van der Waals surface area (Å²) in [5.74, 6) is 2.01. The average molecular weight is 302 g/mol. The van der Waals surface area contributed by atoms with Gasteiger partial charge in [0.2, 0.25) is 6.79 Å². The zero-order valence-electron chi connectivity index (χ0n) is 11.5. The summed E-state index contributed by atoms with van der Waals surface area (Å²) in [4.78, 5) is 18.1. The number of hydrogen-bond donors (Lipinski definition) is 0. The second-order valence-electron chi connectivity index (χ2n) is 4.50. The van der Waals surface area contributed by atoms with Gasteiger partial charge in [-0.2, -0.15) is 0 Å². The summed E-state index contributed by atoms with van der Waals surface area (Å²) < 4.78 is 10.6. The Hall–Kier alpha value is -2.21. The highest BCUT2D eigenvalue weighted by Gasteiger charge is 2.27. The topological polar surface area (TPSA) is 51.1 Å². The number of likely N-dealkylation sites (N-methyl/N-ethyl adjacent to an activating group) is 1. The van der Waals surface area contributed by atoms with Gasteiger partial charge in [-0.25, -0.2) is 4.99 Å². The molecule has 0 aliphatic carbocycles. The minimum atomic E-state index is -0.112. The van der Waals surface area contributed by atoms with Crippen LogP contribution in [0.15, 0.2) is 41.5 Å². The molecular formula is C15H14N2O3S. The van der Waals surface area contributed by atoms with Crippen LogP contribution in [0.2, 0.25) is 0 Å². The third-order valence-electron chi connectivity index (χ3n) is 3.06. The van der Waals surface area contributed by atoms with Gasteiger partial charge in [0.15, 0.2) is 16.7 Å². The molecule has 0 N–H and O–H groups in total. The lowest BCUT2D eigenvalue weighted by atomic mass is 10.1. The summed E-state index contributed by atoms with van der Waals surface area (Å²) in [5.41, 5.74) is 1.28. The zero-order chi connectivity index (χ0) is 14.8. The van der Waals surface area contributed by atoms with Crippen LogP contribution in [0, 0.1) is 0 Å². The molecule has 0 aromatic heterocycles. The molecule has 0 radical (unpaired) electrons. The number of aliphatic imine (C=N–C) groups is 1. The lowest BCUT2D eigenvalue weighted by Crippen LogP contribution is -2.25. The summed E-state index contributed by atoms with van der Waals surface area (Å²) >= 11 is 1.48. The highest BCUT2D eigenvalue weighted by molar-refractivity contribution is 8.14. The van der Waals surface area contributed by atoms with Gasteiger partial charge < -0.3 is 9.47 Å². The molecule has 2 aliphatic rings. The van der Waals surface area contributed by atoms with Crippen molar-refractivity contribution in [3.8, 4) is 11.5 Å². The Morgan fingerprint density at radius 3 is 3.05 bits per heavy atom. The first-order valence-electron chi connectivity index (χ1n) is 6.41. The first kappa shape index (κ1) is 13.8. The molecule has 0 saturated carbocycles. The van der Waals surface area contributed by atoms with E-state index in [4.69, 9.17) is 9.47 Å². The molecule has 1 aromatic rings. The fraction of sp³-hybridized carbons (Fsp3) is 0.200. The molecule has 1 aromatic carbocycles. The number of benzene rings is 1. The highest BCUT2D eigenvalue weighted by atomic mass is 32.2. The summed E-state index contributed by atoms with van der Waals surface area (Å²) in [6.07, 6.45) is 3.54. The van der Waals surface area contributed by atoms with Crippen LogP contribution in [-0.4, -0.2) is 35.6 Å². The van der Waals surface area contributed by atoms with E-state index >= 15 is 0 Å². The predicted molar refractivity (Wildman–Crippen MR) is 83.4 cm³/mol. The zero-order valence-corrected chi connectivity index (χ0v) is 12.4. The average Bonchev–Trinajstić information content (AvgIpc) is 3.05. The van der Waals surface area contributed by atoms with Gasteiger partial charge in [0.05, 0.1) is 0 Å². The SMILES string of the molecule is C=CCSC1=N/C(=C/c2ccc3c(c2)OCO3)C(=O)N1C. The van der Waals surface area contributed by atoms with E-state index in [1.165, 1.54) is 11.8 Å². The molecule has 0 spiro atoms. The van der Waals surface area contributed by atoms with Crippen LogP contribution in [0.5, 0.6) is 11.5 Å². The smallest absolute Gasteiger partial charge is 0.278 e. The first-order chi connectivity index (χ1) is 10.2. The normalized spacial score (nSPS) is 18.3. The van der Waals surface area contributed by atoms with Gasteiger partial charge in [0.1, 0.15) is 5.70 Å². The van der Waals surface area contributed by atoms with Crippen molar-refractivity contribution in [2.24, 2.45) is 4.99 Å². The maximum absolute atomic E-state index is 12.2. The van der Waals surface area contributed by atoms with Crippen molar-refractivity contribution in [2.45, 2.75) is 0 Å². The van der Waals surface area contributed by atoms with Gasteiger partial charge in [-0.15, -0.1) is 6.58 Å². The van der Waals surface area contributed by atoms with Gasteiger partial charge in [-0.3, -0.25) is 9.69 Å². The number of thioether (sulfide) groups is 1. The van der Waals surface area contributed by atoms with Crippen molar-refractivity contribution in [3.63, 3.8) is 0 Å². The summed E-state index contributed by atoms with van der Waals surface area (Å²) in [5, 5.41) is 0.687. The van der Waals surface area contributed by atoms with E-state index in [-0.39, 0.29) is 12.7 Å². The predicted octanol–water partition coefficient (Wildman–Crippen LogP) is 2.50. The molecule has 0 saturated heterocycles. The Balaban J connectivity index is 1.87. The van der Waals surface area contributed by atoms with Crippen LogP contribution in [-0.2, 0) is 4.79 Å². The number of carbonyl (C=O) groups excluding carboxylic acids is 1. The van der Waals surface area contributed by atoms with Crippen LogP contribution in [0.1, 0.15) is 5.56 Å². The van der Waals surface area contributed by atoms with E-state index in [0.717, 1.165) is 11.3 Å². The molecule has 0 unspecified atom stereocenters. The number of rotatable bonds is 3. The molecule has 5 nitrogen and oxygen atoms in total. The van der Waals surface area contributed by atoms with Crippen molar-refractivity contribution in [3.05, 3.63) is 42.1 Å². The Kier molecular flexibility index (Phi) is 3.70. The third kappa shape index (κ3) is 2.67. The number of ether oxygens (including phenoxy) is 2. The molecule has 21 heavy (non-hydrogen) atoms. The Morgan fingerprint density at radius 1 is 1.43 bits per heavy atom. The second-order valence-corrected chi connectivity index (χ2v) is 5.49. The van der Waals surface area contributed by atoms with Gasteiger partial charge >= 0.3 is 0 Å². The van der Waals surface area contributed by atoms with E-state index in [0.29, 0.717) is 22.4 Å². The van der Waals surface area contributed by atoms with Crippen molar-refractivity contribution in [1.29, 1.82) is 0 Å². The minimum absolute atomic E-state index is 0.112. The lowest BCUT2D eigenvalue weighted by Gasteiger charge is -2.09. The molecular weight excluding hydrogens is 288 g/mol. The Bertz CT molecular complexity index is 667. The van der Waals surface area contributed by atoms with E-state index in [1.54, 1.807) is 24.1 Å². The van der Waals surface area contributed by atoms with Gasteiger partial charge in [-0.1, -0.05) is 23.9 Å². The quantitative estimate of drug-likeness (QED) is 0.636. The maximum Gasteiger partial charge on any atom is 0.278 e. The van der Waals surface area contributed by atoms with Crippen LogP contribution >= 0.6 is 11.8 Å². The molecule has 3 rings (SSSR count). The number of nitrogens with zero attached hydrogens (tertiary/aromatic N) is 2. The van der Waals surface area contributed by atoms with Crippen molar-refractivity contribution in [1.82, 2.24) is 4.90 Å². The second kappa shape index (κ2) is 5.65. The third-order valence-corrected chi connectivity index (χ3v) is 4.08. The minimum Gasteiger partial charge on any atom is -0.454 e. The number of carbonyl (C=O) groups is 1. The summed E-state index contributed by atoms with van der Waals surface area (Å²) in [6, 6.07) is 5.54. The molecule has 108 valence electrons. The molecule has 1 amide bonds. The monoisotopic (exact) mass is 302 g/mol. The largest absolute Gasteiger partial charge is 0.454 e. The Labute approximate surface area is 126 Å². The van der Waals surface area contributed by atoms with Crippen molar-refractivity contribution >= 4 is 28.9 Å². The molecule has 2 aliphatic heterocycles. The Morgan fingerprint density at radius 2 is 2.24 bits per heavy atom. The first-order valence-corrected chi connectivity index (χ1v) is 7.39. The van der Waals surface area contributed by atoms with Gasteiger partial charge in [0, 0.05) is 12.8 Å². The maximum atomic E-state index is 12.2. The van der Waals surface area contributed by atoms with Crippen LogP contribution in [0.4, 0.5) is 0 Å². The van der Waals surface area contributed by atoms with E-state index in [1.807, 2.05) is 18.2 Å². The summed E-state index contributed by atoms with van der Waals surface area (Å²) in [7, 11) is 1.72. The molecule has 6 heteroatoms. The van der Waals surface area contributed by atoms with Crippen molar-refractivity contribution in [2.75, 3.05) is 19.6 Å². The number of amidine groups is 1. The number of amides is 1. The lowest BCUT2D eigenvalue weighted by molar-refractivity contribution is -0.121. The molecule has 0 atom stereocenters. The van der Waals surface area contributed by atoms with E-state index in [9.17, 15) is 4.79 Å². The molecule has 0 fully saturated rings. The molecule has 0 bridgehead atoms. The summed E-state index contributed by atoms with van der Waals surface area (Å²) in [6.45, 7) is 3.90. The van der Waals surface area contributed by atoms with Crippen LogP contribution in [0.3, 0.4) is 0 Å². The standard InChI is InChI=1S/C15H14N2O3S/c1-3-6-21-15-16-11(14(18)17(15)2)7-10-4-5-12-13(8-10)20-9-19-12/h3-5,7-8H,1,6,9H2,2H3/b11-7+. The van der Waals surface area contributed by atoms with E-state index < -0.39 is 0 Å². The van der Waals surface area contributed by atoms with E-state index in [2.05, 4.69) is 11.6 Å². The fourth-order valence-electron chi connectivity index (χ4n) is 2.00. The number of hydrogen-bond acceptors (Lipinski definition) is 5. The van der Waals surface area contributed by atoms with Crippen molar-refractivity contribution < 1.29 is 14.3 Å².